The Bertz CT molecular complexity index is 350. The number of hydrogen-bond acceptors (Lipinski definition) is 1. The monoisotopic (exact) mass is 247 g/mol. The molecule has 0 saturated heterocycles. The van der Waals surface area contributed by atoms with Crippen molar-refractivity contribution in [2.45, 2.75) is 71.8 Å². The van der Waals surface area contributed by atoms with Gasteiger partial charge < -0.3 is 5.32 Å². The van der Waals surface area contributed by atoms with Crippen molar-refractivity contribution in [3.8, 4) is 0 Å². The first-order valence-corrected chi connectivity index (χ1v) is 7.94. The van der Waals surface area contributed by atoms with Crippen molar-refractivity contribution in [3.05, 3.63) is 11.6 Å². The highest BCUT2D eigenvalue weighted by Gasteiger charge is 2.58. The molecule has 0 amide bonds. The summed E-state index contributed by atoms with van der Waals surface area (Å²) in [5.41, 5.74) is 2.79. The quantitative estimate of drug-likeness (QED) is 0.731. The van der Waals surface area contributed by atoms with Crippen molar-refractivity contribution < 1.29 is 0 Å². The molecule has 102 valence electrons. The van der Waals surface area contributed by atoms with Crippen LogP contribution >= 0.6 is 0 Å². The third-order valence-electron chi connectivity index (χ3n) is 6.20. The summed E-state index contributed by atoms with van der Waals surface area (Å²) >= 11 is 0. The van der Waals surface area contributed by atoms with E-state index in [9.17, 15) is 0 Å². The third kappa shape index (κ3) is 1.95. The van der Waals surface area contributed by atoms with E-state index in [1.54, 1.807) is 5.57 Å². The summed E-state index contributed by atoms with van der Waals surface area (Å²) in [5, 5.41) is 3.93. The number of rotatable bonds is 4. The van der Waals surface area contributed by atoms with Crippen LogP contribution in [0.4, 0.5) is 0 Å². The Balaban J connectivity index is 1.58. The van der Waals surface area contributed by atoms with E-state index in [1.165, 1.54) is 51.5 Å². The van der Waals surface area contributed by atoms with Crippen LogP contribution in [0.25, 0.3) is 0 Å². The first-order valence-electron chi connectivity index (χ1n) is 7.94. The van der Waals surface area contributed by atoms with Crippen molar-refractivity contribution in [2.75, 3.05) is 6.54 Å². The molecule has 3 aliphatic rings. The lowest BCUT2D eigenvalue weighted by Crippen LogP contribution is -2.50. The molecule has 0 heterocycles. The third-order valence-corrected chi connectivity index (χ3v) is 6.20. The van der Waals surface area contributed by atoms with Gasteiger partial charge in [0.15, 0.2) is 0 Å². The summed E-state index contributed by atoms with van der Waals surface area (Å²) in [4.78, 5) is 0. The molecule has 3 unspecified atom stereocenters. The Labute approximate surface area is 112 Å². The smallest absolute Gasteiger partial charge is 0.0175 e. The minimum absolute atomic E-state index is 0.511. The fourth-order valence-electron chi connectivity index (χ4n) is 5.15. The van der Waals surface area contributed by atoms with Crippen molar-refractivity contribution in [1.29, 1.82) is 0 Å². The summed E-state index contributed by atoms with van der Waals surface area (Å²) in [6.07, 6.45) is 12.2. The predicted molar refractivity (Wildman–Crippen MR) is 77.6 cm³/mol. The molecule has 0 spiro atoms. The molecule has 3 aliphatic carbocycles. The SMILES string of the molecule is CC12CCC(C1)C(C)(C)C2NCCC1=CCCC1. The highest BCUT2D eigenvalue weighted by Crippen LogP contribution is 2.62. The van der Waals surface area contributed by atoms with E-state index in [0.29, 0.717) is 10.8 Å². The van der Waals surface area contributed by atoms with Crippen molar-refractivity contribution in [3.63, 3.8) is 0 Å². The molecule has 0 aromatic rings. The van der Waals surface area contributed by atoms with E-state index in [-0.39, 0.29) is 0 Å². The van der Waals surface area contributed by atoms with Crippen LogP contribution in [0, 0.1) is 16.7 Å². The predicted octanol–water partition coefficient (Wildman–Crippen LogP) is 4.29. The normalized spacial score (nSPS) is 41.4. The van der Waals surface area contributed by atoms with Crippen molar-refractivity contribution in [2.24, 2.45) is 16.7 Å². The molecule has 0 radical (unpaired) electrons. The maximum atomic E-state index is 3.93. The lowest BCUT2D eigenvalue weighted by atomic mass is 9.68. The molecule has 2 saturated carbocycles. The Morgan fingerprint density at radius 1 is 1.33 bits per heavy atom. The first-order chi connectivity index (χ1) is 8.52. The largest absolute Gasteiger partial charge is 0.313 e. The molecule has 0 aliphatic heterocycles. The molecule has 1 heteroatoms. The second-order valence-electron chi connectivity index (χ2n) is 7.81. The lowest BCUT2D eigenvalue weighted by Gasteiger charge is -2.43. The molecule has 0 aromatic carbocycles. The molecular weight excluding hydrogens is 218 g/mol. The van der Waals surface area contributed by atoms with Gasteiger partial charge in [-0.3, -0.25) is 0 Å². The van der Waals surface area contributed by atoms with Crippen LogP contribution in [0.3, 0.4) is 0 Å². The average molecular weight is 247 g/mol. The molecule has 1 N–H and O–H groups in total. The van der Waals surface area contributed by atoms with Gasteiger partial charge in [-0.25, -0.2) is 0 Å². The van der Waals surface area contributed by atoms with Gasteiger partial charge in [-0.2, -0.15) is 0 Å². The number of fused-ring (bicyclic) bond motifs is 2. The zero-order valence-electron chi connectivity index (χ0n) is 12.4. The van der Waals surface area contributed by atoms with E-state index in [2.05, 4.69) is 32.2 Å². The fraction of sp³-hybridized carbons (Fsp3) is 0.882. The maximum absolute atomic E-state index is 3.93. The van der Waals surface area contributed by atoms with Gasteiger partial charge in [-0.1, -0.05) is 32.4 Å². The van der Waals surface area contributed by atoms with Crippen LogP contribution < -0.4 is 5.32 Å². The molecule has 2 fully saturated rings. The van der Waals surface area contributed by atoms with E-state index < -0.39 is 0 Å². The first kappa shape index (κ1) is 12.7. The standard InChI is InChI=1S/C17H29N/c1-16(2)14-8-10-17(3,12-14)15(16)18-11-9-13-6-4-5-7-13/h6,14-15,18H,4-5,7-12H2,1-3H3. The van der Waals surface area contributed by atoms with Gasteiger partial charge in [0, 0.05) is 6.04 Å². The summed E-state index contributed by atoms with van der Waals surface area (Å²) in [6, 6.07) is 0.741. The van der Waals surface area contributed by atoms with Crippen LogP contribution in [0.1, 0.15) is 65.7 Å². The molecule has 18 heavy (non-hydrogen) atoms. The molecule has 3 atom stereocenters. The van der Waals surface area contributed by atoms with Crippen LogP contribution in [-0.4, -0.2) is 12.6 Å². The highest BCUT2D eigenvalue weighted by molar-refractivity contribution is 5.13. The highest BCUT2D eigenvalue weighted by atomic mass is 15.0. The second-order valence-corrected chi connectivity index (χ2v) is 7.81. The Kier molecular flexibility index (Phi) is 3.09. The lowest BCUT2D eigenvalue weighted by molar-refractivity contribution is 0.110. The topological polar surface area (TPSA) is 12.0 Å². The summed E-state index contributed by atoms with van der Waals surface area (Å²) < 4.78 is 0. The number of allylic oxidation sites excluding steroid dienone is 1. The van der Waals surface area contributed by atoms with Crippen molar-refractivity contribution in [1.82, 2.24) is 5.32 Å². The van der Waals surface area contributed by atoms with Crippen molar-refractivity contribution >= 4 is 0 Å². The zero-order valence-corrected chi connectivity index (χ0v) is 12.4. The summed E-state index contributed by atoms with van der Waals surface area (Å²) in [6.45, 7) is 8.71. The Morgan fingerprint density at radius 3 is 2.78 bits per heavy atom. The van der Waals surface area contributed by atoms with Gasteiger partial charge in [0.25, 0.3) is 0 Å². The molecular formula is C17H29N. The summed E-state index contributed by atoms with van der Waals surface area (Å²) in [7, 11) is 0. The maximum Gasteiger partial charge on any atom is 0.0175 e. The minimum atomic E-state index is 0.511. The molecule has 2 bridgehead atoms. The molecule has 1 nitrogen and oxygen atoms in total. The van der Waals surface area contributed by atoms with Gasteiger partial charge in [-0.05, 0) is 68.2 Å². The second kappa shape index (κ2) is 4.37. The van der Waals surface area contributed by atoms with E-state index >= 15 is 0 Å². The summed E-state index contributed by atoms with van der Waals surface area (Å²) in [5.74, 6) is 0.964. The van der Waals surface area contributed by atoms with Gasteiger partial charge in [-0.15, -0.1) is 0 Å². The van der Waals surface area contributed by atoms with Crippen LogP contribution in [0.5, 0.6) is 0 Å². The van der Waals surface area contributed by atoms with Gasteiger partial charge >= 0.3 is 0 Å². The van der Waals surface area contributed by atoms with Gasteiger partial charge in [0.1, 0.15) is 0 Å². The Hall–Kier alpha value is -0.300. The minimum Gasteiger partial charge on any atom is -0.313 e. The number of nitrogens with one attached hydrogen (secondary N) is 1. The van der Waals surface area contributed by atoms with E-state index in [0.717, 1.165) is 12.0 Å². The number of hydrogen-bond donors (Lipinski definition) is 1. The average Bonchev–Trinajstić information content (AvgIpc) is 2.96. The molecule has 0 aromatic heterocycles. The van der Waals surface area contributed by atoms with E-state index in [4.69, 9.17) is 0 Å². The Morgan fingerprint density at radius 2 is 2.17 bits per heavy atom. The van der Waals surface area contributed by atoms with Gasteiger partial charge in [0.05, 0.1) is 0 Å². The fourth-order valence-corrected chi connectivity index (χ4v) is 5.15. The van der Waals surface area contributed by atoms with Gasteiger partial charge in [0.2, 0.25) is 0 Å². The van der Waals surface area contributed by atoms with Crippen LogP contribution in [0.2, 0.25) is 0 Å². The zero-order chi connectivity index (χ0) is 12.8. The van der Waals surface area contributed by atoms with Crippen LogP contribution in [0.15, 0.2) is 11.6 Å². The van der Waals surface area contributed by atoms with Crippen LogP contribution in [-0.2, 0) is 0 Å². The van der Waals surface area contributed by atoms with E-state index in [1.807, 2.05) is 0 Å². The molecule has 3 rings (SSSR count).